The second kappa shape index (κ2) is 11.5. The van der Waals surface area contributed by atoms with E-state index in [0.29, 0.717) is 28.3 Å². The maximum Gasteiger partial charge on any atom is 0.343 e. The van der Waals surface area contributed by atoms with E-state index >= 15 is 0 Å². The van der Waals surface area contributed by atoms with Gasteiger partial charge in [0.05, 0.1) is 37.0 Å². The molecule has 1 atom stereocenters. The standard InChI is InChI=1S/C32H30N4O5/c1-18(2)14-19-10-12-20(13-11-19)28-27-26(23(17-33)30(34)41-31(27)36-35-28)22-15-24(38-3)29(25(16-22)39-4)40-32(37)21-8-6-5-7-9-21/h5-13,15-16,18,26H,14,34H2,1-4H3,(H,35,36)/t26-/m0/s1. The number of nitrogens with two attached hydrogens (primary N) is 1. The number of nitriles is 1. The summed E-state index contributed by atoms with van der Waals surface area (Å²) in [7, 11) is 2.93. The topological polar surface area (TPSA) is 132 Å². The predicted molar refractivity (Wildman–Crippen MR) is 153 cm³/mol. The predicted octanol–water partition coefficient (Wildman–Crippen LogP) is 5.73. The fraction of sp³-hybridized carbons (Fsp3) is 0.219. The van der Waals surface area contributed by atoms with Gasteiger partial charge in [0.15, 0.2) is 11.5 Å². The average molecular weight is 551 g/mol. The molecule has 3 N–H and O–H groups in total. The summed E-state index contributed by atoms with van der Waals surface area (Å²) in [5.74, 6) is 0.121. The highest BCUT2D eigenvalue weighted by Gasteiger charge is 2.37. The second-order valence-electron chi connectivity index (χ2n) is 10.0. The summed E-state index contributed by atoms with van der Waals surface area (Å²) in [5.41, 5.74) is 10.8. The molecule has 0 saturated carbocycles. The number of carbonyl (C=O) groups excluding carboxylic acids is 1. The number of hydrogen-bond donors (Lipinski definition) is 2. The van der Waals surface area contributed by atoms with Crippen LogP contribution in [0.2, 0.25) is 0 Å². The quantitative estimate of drug-likeness (QED) is 0.210. The number of esters is 1. The molecule has 0 amide bonds. The van der Waals surface area contributed by atoms with E-state index in [1.54, 1.807) is 36.4 Å². The number of aromatic amines is 1. The van der Waals surface area contributed by atoms with E-state index in [0.717, 1.165) is 12.0 Å². The summed E-state index contributed by atoms with van der Waals surface area (Å²) >= 11 is 0. The monoisotopic (exact) mass is 550 g/mol. The molecular formula is C32H30N4O5. The van der Waals surface area contributed by atoms with Gasteiger partial charge in [0, 0.05) is 5.56 Å². The largest absolute Gasteiger partial charge is 0.493 e. The van der Waals surface area contributed by atoms with E-state index in [-0.39, 0.29) is 34.6 Å². The van der Waals surface area contributed by atoms with Crippen LogP contribution in [0.3, 0.4) is 0 Å². The first-order valence-corrected chi connectivity index (χ1v) is 13.1. The van der Waals surface area contributed by atoms with Crippen LogP contribution in [0.5, 0.6) is 23.1 Å². The first kappa shape index (κ1) is 27.3. The lowest BCUT2D eigenvalue weighted by molar-refractivity contribution is 0.0724. The van der Waals surface area contributed by atoms with Crippen LogP contribution >= 0.6 is 0 Å². The lowest BCUT2D eigenvalue weighted by atomic mass is 9.82. The number of nitrogens with one attached hydrogen (secondary N) is 1. The number of allylic oxidation sites excluding steroid dienone is 1. The molecule has 0 bridgehead atoms. The van der Waals surface area contributed by atoms with Gasteiger partial charge in [0.1, 0.15) is 11.6 Å². The first-order valence-electron chi connectivity index (χ1n) is 13.1. The minimum absolute atomic E-state index is 0.0483. The number of ether oxygens (including phenoxy) is 4. The number of H-pyrrole nitrogens is 1. The Morgan fingerprint density at radius 3 is 2.32 bits per heavy atom. The number of aromatic nitrogens is 2. The molecule has 0 radical (unpaired) electrons. The highest BCUT2D eigenvalue weighted by atomic mass is 16.6. The Hall–Kier alpha value is -5.23. The summed E-state index contributed by atoms with van der Waals surface area (Å²) in [5, 5.41) is 17.6. The van der Waals surface area contributed by atoms with Gasteiger partial charge in [0.2, 0.25) is 17.5 Å². The van der Waals surface area contributed by atoms with Crippen LogP contribution in [-0.4, -0.2) is 30.4 Å². The molecule has 5 rings (SSSR count). The Morgan fingerprint density at radius 1 is 1.07 bits per heavy atom. The minimum Gasteiger partial charge on any atom is -0.493 e. The van der Waals surface area contributed by atoms with Crippen molar-refractivity contribution in [2.75, 3.05) is 14.2 Å². The van der Waals surface area contributed by atoms with E-state index in [4.69, 9.17) is 24.7 Å². The molecule has 41 heavy (non-hydrogen) atoms. The van der Waals surface area contributed by atoms with Gasteiger partial charge in [-0.15, -0.1) is 5.10 Å². The molecule has 9 heteroatoms. The van der Waals surface area contributed by atoms with Crippen molar-refractivity contribution in [2.45, 2.75) is 26.2 Å². The smallest absolute Gasteiger partial charge is 0.343 e. The fourth-order valence-corrected chi connectivity index (χ4v) is 4.97. The van der Waals surface area contributed by atoms with Gasteiger partial charge in [-0.05, 0) is 47.7 Å². The van der Waals surface area contributed by atoms with E-state index in [2.05, 4.69) is 42.2 Å². The van der Waals surface area contributed by atoms with E-state index < -0.39 is 11.9 Å². The SMILES string of the molecule is COc1cc([C@H]2C(C#N)=C(N)Oc3n[nH]c(-c4ccc(CC(C)C)cc4)c32)cc(OC)c1OC(=O)c1ccccc1. The van der Waals surface area contributed by atoms with Crippen LogP contribution in [0.1, 0.15) is 46.8 Å². The van der Waals surface area contributed by atoms with Crippen LogP contribution in [-0.2, 0) is 6.42 Å². The molecule has 2 heterocycles. The Bertz CT molecular complexity index is 1620. The molecule has 1 aliphatic rings. The van der Waals surface area contributed by atoms with Crippen molar-refractivity contribution in [1.82, 2.24) is 10.2 Å². The maximum absolute atomic E-state index is 12.9. The van der Waals surface area contributed by atoms with Gasteiger partial charge in [-0.2, -0.15) is 5.26 Å². The lowest BCUT2D eigenvalue weighted by Gasteiger charge is -2.25. The van der Waals surface area contributed by atoms with Crippen molar-refractivity contribution >= 4 is 5.97 Å². The summed E-state index contributed by atoms with van der Waals surface area (Å²) in [6, 6.07) is 22.4. The van der Waals surface area contributed by atoms with E-state index in [1.165, 1.54) is 19.8 Å². The molecule has 1 aromatic heterocycles. The van der Waals surface area contributed by atoms with Crippen molar-refractivity contribution in [3.05, 3.63) is 100 Å². The number of rotatable bonds is 8. The number of fused-ring (bicyclic) bond motifs is 1. The Labute approximate surface area is 238 Å². The fourth-order valence-electron chi connectivity index (χ4n) is 4.97. The molecular weight excluding hydrogens is 520 g/mol. The highest BCUT2D eigenvalue weighted by Crippen LogP contribution is 2.49. The molecule has 9 nitrogen and oxygen atoms in total. The maximum atomic E-state index is 12.9. The van der Waals surface area contributed by atoms with Gasteiger partial charge >= 0.3 is 5.97 Å². The number of nitrogens with zero attached hydrogens (tertiary/aromatic N) is 2. The number of hydrogen-bond acceptors (Lipinski definition) is 8. The van der Waals surface area contributed by atoms with Crippen LogP contribution in [0, 0.1) is 17.2 Å². The Morgan fingerprint density at radius 2 is 1.73 bits per heavy atom. The van der Waals surface area contributed by atoms with Crippen molar-refractivity contribution in [2.24, 2.45) is 11.7 Å². The van der Waals surface area contributed by atoms with Gasteiger partial charge in [-0.3, -0.25) is 5.10 Å². The van der Waals surface area contributed by atoms with Gasteiger partial charge < -0.3 is 24.7 Å². The van der Waals surface area contributed by atoms with Crippen molar-refractivity contribution < 1.29 is 23.7 Å². The average Bonchev–Trinajstić information content (AvgIpc) is 3.40. The molecule has 0 unspecified atom stereocenters. The summed E-state index contributed by atoms with van der Waals surface area (Å²) in [4.78, 5) is 12.9. The van der Waals surface area contributed by atoms with Gasteiger partial charge in [-0.25, -0.2) is 4.79 Å². The van der Waals surface area contributed by atoms with E-state index in [9.17, 15) is 10.1 Å². The normalized spacial score (nSPS) is 14.2. The zero-order chi connectivity index (χ0) is 29.1. The molecule has 3 aromatic carbocycles. The molecule has 0 aliphatic carbocycles. The number of benzene rings is 3. The zero-order valence-corrected chi connectivity index (χ0v) is 23.2. The first-order chi connectivity index (χ1) is 19.8. The van der Waals surface area contributed by atoms with Crippen LogP contribution in [0.15, 0.2) is 78.2 Å². The van der Waals surface area contributed by atoms with Crippen molar-refractivity contribution in [3.8, 4) is 40.5 Å². The molecule has 0 saturated heterocycles. The summed E-state index contributed by atoms with van der Waals surface area (Å²) < 4.78 is 22.8. The van der Waals surface area contributed by atoms with Gasteiger partial charge in [0.25, 0.3) is 0 Å². The van der Waals surface area contributed by atoms with Crippen LogP contribution in [0.25, 0.3) is 11.3 Å². The van der Waals surface area contributed by atoms with Gasteiger partial charge in [-0.1, -0.05) is 56.3 Å². The summed E-state index contributed by atoms with van der Waals surface area (Å²) in [6.07, 6.45) is 0.964. The third-order valence-corrected chi connectivity index (χ3v) is 6.85. The number of carbonyl (C=O) groups is 1. The third kappa shape index (κ3) is 5.32. The minimum atomic E-state index is -0.672. The van der Waals surface area contributed by atoms with E-state index in [1.807, 2.05) is 18.2 Å². The molecule has 4 aromatic rings. The third-order valence-electron chi connectivity index (χ3n) is 6.85. The molecule has 1 aliphatic heterocycles. The Balaban J connectivity index is 1.61. The second-order valence-corrected chi connectivity index (χ2v) is 10.0. The molecule has 0 spiro atoms. The lowest BCUT2D eigenvalue weighted by Crippen LogP contribution is -2.21. The zero-order valence-electron chi connectivity index (χ0n) is 23.2. The molecule has 208 valence electrons. The summed E-state index contributed by atoms with van der Waals surface area (Å²) in [6.45, 7) is 4.36. The van der Waals surface area contributed by atoms with Crippen LogP contribution < -0.4 is 24.7 Å². The Kier molecular flexibility index (Phi) is 7.66. The van der Waals surface area contributed by atoms with Crippen LogP contribution in [0.4, 0.5) is 0 Å². The van der Waals surface area contributed by atoms with Crippen molar-refractivity contribution in [3.63, 3.8) is 0 Å². The molecule has 0 fully saturated rings. The number of methoxy groups -OCH3 is 2. The highest BCUT2D eigenvalue weighted by molar-refractivity contribution is 5.91. The van der Waals surface area contributed by atoms with Crippen molar-refractivity contribution in [1.29, 1.82) is 5.26 Å².